The van der Waals surface area contributed by atoms with E-state index in [-0.39, 0.29) is 11.4 Å². The zero-order chi connectivity index (χ0) is 15.8. The number of hydrogen-bond donors (Lipinski definition) is 2. The molecular formula is C11H20F3N3O3. The van der Waals surface area contributed by atoms with Crippen LogP contribution in [-0.4, -0.2) is 72.4 Å². The minimum atomic E-state index is -4.63. The summed E-state index contributed by atoms with van der Waals surface area (Å²) in [4.78, 5) is 24.2. The van der Waals surface area contributed by atoms with Crippen molar-refractivity contribution in [3.63, 3.8) is 0 Å². The topological polar surface area (TPSA) is 72.9 Å². The molecule has 0 aromatic carbocycles. The quantitative estimate of drug-likeness (QED) is 0.701. The van der Waals surface area contributed by atoms with E-state index in [9.17, 15) is 22.8 Å². The highest BCUT2D eigenvalue weighted by atomic mass is 19.4. The molecule has 6 nitrogen and oxygen atoms in total. The van der Waals surface area contributed by atoms with Gasteiger partial charge < -0.3 is 20.2 Å². The number of alkyl halides is 3. The highest BCUT2D eigenvalue weighted by Gasteiger charge is 2.33. The molecule has 0 atom stereocenters. The number of amides is 2. The molecule has 0 spiro atoms. The van der Waals surface area contributed by atoms with Crippen LogP contribution in [0.2, 0.25) is 0 Å². The first kappa shape index (κ1) is 18.5. The van der Waals surface area contributed by atoms with Crippen molar-refractivity contribution < 1.29 is 27.9 Å². The fraction of sp³-hybridized carbons (Fsp3) is 0.818. The van der Waals surface area contributed by atoms with E-state index in [0.29, 0.717) is 6.54 Å². The van der Waals surface area contributed by atoms with E-state index in [4.69, 9.17) is 5.11 Å². The number of hydrogen-bond acceptors (Lipinski definition) is 3. The van der Waals surface area contributed by atoms with Crippen LogP contribution in [0.3, 0.4) is 0 Å². The van der Waals surface area contributed by atoms with Gasteiger partial charge in [-0.15, -0.1) is 0 Å². The number of halogens is 3. The monoisotopic (exact) mass is 299 g/mol. The molecule has 20 heavy (non-hydrogen) atoms. The molecule has 0 aliphatic heterocycles. The number of carboxylic acids is 1. The zero-order valence-electron chi connectivity index (χ0n) is 11.5. The number of nitrogens with zero attached hydrogens (tertiary/aromatic N) is 2. The lowest BCUT2D eigenvalue weighted by atomic mass is 10.4. The Morgan fingerprint density at radius 2 is 1.75 bits per heavy atom. The Hall–Kier alpha value is -1.51. The van der Waals surface area contributed by atoms with Crippen LogP contribution in [0.15, 0.2) is 0 Å². The fourth-order valence-corrected chi connectivity index (χ4v) is 1.55. The Balaban J connectivity index is 4.37. The van der Waals surface area contributed by atoms with Crippen molar-refractivity contribution in [3.8, 4) is 0 Å². The standard InChI is InChI=1S/C11H20F3N3O3/c1-3-16(4-2)6-5-15-10(20)17(7-9(18)19)8-11(12,13)14/h3-8H2,1-2H3,(H,15,20)(H,18,19). The van der Waals surface area contributed by atoms with E-state index in [1.54, 1.807) is 0 Å². The predicted octanol–water partition coefficient (Wildman–Crippen LogP) is 0.987. The van der Waals surface area contributed by atoms with Crippen LogP contribution in [0.1, 0.15) is 13.8 Å². The van der Waals surface area contributed by atoms with Gasteiger partial charge in [0.1, 0.15) is 13.1 Å². The van der Waals surface area contributed by atoms with E-state index < -0.39 is 31.3 Å². The largest absolute Gasteiger partial charge is 0.480 e. The van der Waals surface area contributed by atoms with E-state index in [1.807, 2.05) is 18.7 Å². The molecule has 0 fully saturated rings. The second-order valence-corrected chi connectivity index (χ2v) is 4.12. The summed E-state index contributed by atoms with van der Waals surface area (Å²) in [6, 6.07) is -1.03. The van der Waals surface area contributed by atoms with Gasteiger partial charge in [-0.05, 0) is 13.1 Å². The summed E-state index contributed by atoms with van der Waals surface area (Å²) in [5.74, 6) is -1.49. The van der Waals surface area contributed by atoms with Gasteiger partial charge >= 0.3 is 18.2 Å². The summed E-state index contributed by atoms with van der Waals surface area (Å²) in [7, 11) is 0. The number of carboxylic acid groups (broad SMARTS) is 1. The van der Waals surface area contributed by atoms with Crippen LogP contribution in [0, 0.1) is 0 Å². The number of aliphatic carboxylic acids is 1. The molecule has 0 saturated carbocycles. The average Bonchev–Trinajstić information content (AvgIpc) is 2.31. The molecule has 2 N–H and O–H groups in total. The average molecular weight is 299 g/mol. The minimum Gasteiger partial charge on any atom is -0.480 e. The molecule has 0 aliphatic carbocycles. The Kier molecular flexibility index (Phi) is 7.97. The number of carbonyl (C=O) groups excluding carboxylic acids is 1. The van der Waals surface area contributed by atoms with Crippen molar-refractivity contribution in [2.75, 3.05) is 39.3 Å². The second-order valence-electron chi connectivity index (χ2n) is 4.12. The third-order valence-corrected chi connectivity index (χ3v) is 2.58. The van der Waals surface area contributed by atoms with Crippen molar-refractivity contribution >= 4 is 12.0 Å². The van der Waals surface area contributed by atoms with E-state index in [0.717, 1.165) is 13.1 Å². The van der Waals surface area contributed by atoms with Crippen molar-refractivity contribution in [2.45, 2.75) is 20.0 Å². The van der Waals surface area contributed by atoms with Crippen LogP contribution in [-0.2, 0) is 4.79 Å². The lowest BCUT2D eigenvalue weighted by Gasteiger charge is -2.23. The SMILES string of the molecule is CCN(CC)CCNC(=O)N(CC(=O)O)CC(F)(F)F. The van der Waals surface area contributed by atoms with Gasteiger partial charge in [0.2, 0.25) is 0 Å². The first-order chi connectivity index (χ1) is 9.19. The molecule has 0 rings (SSSR count). The van der Waals surface area contributed by atoms with Crippen LogP contribution in [0.5, 0.6) is 0 Å². The Morgan fingerprint density at radius 1 is 1.20 bits per heavy atom. The van der Waals surface area contributed by atoms with Crippen molar-refractivity contribution in [1.29, 1.82) is 0 Å². The third-order valence-electron chi connectivity index (χ3n) is 2.58. The lowest BCUT2D eigenvalue weighted by molar-refractivity contribution is -0.148. The number of carbonyl (C=O) groups is 2. The van der Waals surface area contributed by atoms with Crippen molar-refractivity contribution in [3.05, 3.63) is 0 Å². The van der Waals surface area contributed by atoms with Crippen LogP contribution in [0.25, 0.3) is 0 Å². The highest BCUT2D eigenvalue weighted by Crippen LogP contribution is 2.16. The molecule has 2 amide bonds. The van der Waals surface area contributed by atoms with E-state index in [1.165, 1.54) is 0 Å². The zero-order valence-corrected chi connectivity index (χ0v) is 11.5. The molecule has 0 aromatic rings. The van der Waals surface area contributed by atoms with Crippen molar-refractivity contribution in [2.24, 2.45) is 0 Å². The number of urea groups is 1. The summed E-state index contributed by atoms with van der Waals surface area (Å²) >= 11 is 0. The summed E-state index contributed by atoms with van der Waals surface area (Å²) in [6.45, 7) is 3.44. The predicted molar refractivity (Wildman–Crippen MR) is 66.5 cm³/mol. The van der Waals surface area contributed by atoms with Gasteiger partial charge in [-0.3, -0.25) is 4.79 Å². The Bertz CT molecular complexity index is 320. The summed E-state index contributed by atoms with van der Waals surface area (Å²) < 4.78 is 36.8. The summed E-state index contributed by atoms with van der Waals surface area (Å²) in [6.07, 6.45) is -4.63. The van der Waals surface area contributed by atoms with Gasteiger partial charge in [-0.25, -0.2) is 4.79 Å². The first-order valence-corrected chi connectivity index (χ1v) is 6.23. The highest BCUT2D eigenvalue weighted by molar-refractivity contribution is 5.80. The number of likely N-dealkylation sites (N-methyl/N-ethyl adjacent to an activating group) is 1. The van der Waals surface area contributed by atoms with Gasteiger partial charge in [0.25, 0.3) is 0 Å². The van der Waals surface area contributed by atoms with Gasteiger partial charge in [-0.1, -0.05) is 13.8 Å². The summed E-state index contributed by atoms with van der Waals surface area (Å²) in [5, 5.41) is 10.8. The maximum atomic E-state index is 12.3. The first-order valence-electron chi connectivity index (χ1n) is 6.23. The van der Waals surface area contributed by atoms with Gasteiger partial charge in [0.15, 0.2) is 0 Å². The molecule has 9 heteroatoms. The molecule has 0 bridgehead atoms. The summed E-state index contributed by atoms with van der Waals surface area (Å²) in [5.41, 5.74) is 0. The fourth-order valence-electron chi connectivity index (χ4n) is 1.55. The lowest BCUT2D eigenvalue weighted by Crippen LogP contribution is -2.48. The third kappa shape index (κ3) is 8.57. The minimum absolute atomic E-state index is 0.161. The van der Waals surface area contributed by atoms with Gasteiger partial charge in [-0.2, -0.15) is 13.2 Å². The van der Waals surface area contributed by atoms with Crippen molar-refractivity contribution in [1.82, 2.24) is 15.1 Å². The molecule has 118 valence electrons. The van der Waals surface area contributed by atoms with E-state index in [2.05, 4.69) is 5.32 Å². The van der Waals surface area contributed by atoms with Crippen LogP contribution in [0.4, 0.5) is 18.0 Å². The maximum absolute atomic E-state index is 12.3. The molecule has 0 aliphatic rings. The number of nitrogens with one attached hydrogen (secondary N) is 1. The van der Waals surface area contributed by atoms with Crippen LogP contribution >= 0.6 is 0 Å². The number of rotatable bonds is 8. The smallest absolute Gasteiger partial charge is 0.406 e. The normalized spacial score (nSPS) is 11.5. The molecule has 0 heterocycles. The van der Waals surface area contributed by atoms with Gasteiger partial charge in [0, 0.05) is 13.1 Å². The maximum Gasteiger partial charge on any atom is 0.406 e. The molecule has 0 radical (unpaired) electrons. The Morgan fingerprint density at radius 3 is 2.15 bits per heavy atom. The molecule has 0 aromatic heterocycles. The van der Waals surface area contributed by atoms with Crippen LogP contribution < -0.4 is 5.32 Å². The molecule has 0 saturated heterocycles. The second kappa shape index (κ2) is 8.62. The Labute approximate surface area is 115 Å². The van der Waals surface area contributed by atoms with Gasteiger partial charge in [0.05, 0.1) is 0 Å². The molecule has 0 unspecified atom stereocenters. The van der Waals surface area contributed by atoms with E-state index >= 15 is 0 Å². The molecular weight excluding hydrogens is 279 g/mol.